The molecular formula is C17H22N2S. The molecule has 2 aromatic rings. The molecule has 1 aliphatic rings. The van der Waals surface area contributed by atoms with Crippen LogP contribution < -0.4 is 5.32 Å². The fourth-order valence-corrected chi connectivity index (χ4v) is 4.11. The Morgan fingerprint density at radius 3 is 3.10 bits per heavy atom. The van der Waals surface area contributed by atoms with Crippen molar-refractivity contribution in [2.24, 2.45) is 0 Å². The zero-order valence-corrected chi connectivity index (χ0v) is 13.1. The predicted molar refractivity (Wildman–Crippen MR) is 86.5 cm³/mol. The molecule has 0 fully saturated rings. The van der Waals surface area contributed by atoms with Crippen molar-refractivity contribution in [3.63, 3.8) is 0 Å². The number of likely N-dealkylation sites (N-methyl/N-ethyl adjacent to an activating group) is 1. The molecule has 0 radical (unpaired) electrons. The standard InChI is InChI=1S/C17H22N2S/c1-3-18-11-14-8-5-9-15-16(14)19-17(20-15)13-7-4-6-12(2)10-13/h4,6-7,10,14,18H,3,5,8-9,11H2,1-2H3. The third kappa shape index (κ3) is 2.79. The smallest absolute Gasteiger partial charge is 0.123 e. The minimum absolute atomic E-state index is 0.605. The molecule has 1 aliphatic carbocycles. The molecular weight excluding hydrogens is 264 g/mol. The van der Waals surface area contributed by atoms with Crippen molar-refractivity contribution in [3.05, 3.63) is 40.4 Å². The van der Waals surface area contributed by atoms with E-state index in [1.54, 1.807) is 0 Å². The van der Waals surface area contributed by atoms with Gasteiger partial charge in [0.05, 0.1) is 5.69 Å². The summed E-state index contributed by atoms with van der Waals surface area (Å²) in [5.74, 6) is 0.605. The number of nitrogens with zero attached hydrogens (tertiary/aromatic N) is 1. The van der Waals surface area contributed by atoms with E-state index in [1.165, 1.54) is 46.0 Å². The van der Waals surface area contributed by atoms with Gasteiger partial charge in [-0.1, -0.05) is 30.7 Å². The summed E-state index contributed by atoms with van der Waals surface area (Å²) in [6.07, 6.45) is 3.79. The fraction of sp³-hybridized carbons (Fsp3) is 0.471. The molecule has 0 bridgehead atoms. The van der Waals surface area contributed by atoms with E-state index in [-0.39, 0.29) is 0 Å². The Labute approximate surface area is 125 Å². The van der Waals surface area contributed by atoms with Crippen LogP contribution in [0.5, 0.6) is 0 Å². The quantitative estimate of drug-likeness (QED) is 0.913. The molecule has 1 unspecified atom stereocenters. The normalized spacial score (nSPS) is 18.0. The summed E-state index contributed by atoms with van der Waals surface area (Å²) in [7, 11) is 0. The highest BCUT2D eigenvalue weighted by atomic mass is 32.1. The highest BCUT2D eigenvalue weighted by Crippen LogP contribution is 2.38. The summed E-state index contributed by atoms with van der Waals surface area (Å²) in [6.45, 7) is 6.43. The molecule has 3 heteroatoms. The van der Waals surface area contributed by atoms with Crippen LogP contribution in [0.3, 0.4) is 0 Å². The number of thiazole rings is 1. The Hall–Kier alpha value is -1.19. The highest BCUT2D eigenvalue weighted by Gasteiger charge is 2.24. The van der Waals surface area contributed by atoms with Crippen LogP contribution in [0.15, 0.2) is 24.3 Å². The summed E-state index contributed by atoms with van der Waals surface area (Å²) in [6, 6.07) is 8.69. The number of fused-ring (bicyclic) bond motifs is 1. The van der Waals surface area contributed by atoms with Crippen LogP contribution in [-0.4, -0.2) is 18.1 Å². The number of hydrogen-bond donors (Lipinski definition) is 1. The van der Waals surface area contributed by atoms with Gasteiger partial charge in [0.25, 0.3) is 0 Å². The lowest BCUT2D eigenvalue weighted by atomic mass is 9.91. The second kappa shape index (κ2) is 6.06. The van der Waals surface area contributed by atoms with Gasteiger partial charge in [0.2, 0.25) is 0 Å². The summed E-state index contributed by atoms with van der Waals surface area (Å²) in [4.78, 5) is 6.48. The first-order valence-electron chi connectivity index (χ1n) is 7.55. The van der Waals surface area contributed by atoms with E-state index in [0.29, 0.717) is 5.92 Å². The molecule has 106 valence electrons. The van der Waals surface area contributed by atoms with E-state index < -0.39 is 0 Å². The predicted octanol–water partition coefficient (Wildman–Crippen LogP) is 4.15. The summed E-state index contributed by atoms with van der Waals surface area (Å²) in [5, 5.41) is 4.68. The Balaban J connectivity index is 1.91. The van der Waals surface area contributed by atoms with Gasteiger partial charge in [-0.3, -0.25) is 0 Å². The molecule has 3 rings (SSSR count). The van der Waals surface area contributed by atoms with Gasteiger partial charge in [-0.05, 0) is 38.8 Å². The zero-order chi connectivity index (χ0) is 13.9. The Morgan fingerprint density at radius 1 is 1.40 bits per heavy atom. The number of rotatable bonds is 4. The Morgan fingerprint density at radius 2 is 2.30 bits per heavy atom. The second-order valence-corrected chi connectivity index (χ2v) is 6.68. The summed E-state index contributed by atoms with van der Waals surface area (Å²) in [5.41, 5.74) is 3.94. The zero-order valence-electron chi connectivity index (χ0n) is 12.3. The van der Waals surface area contributed by atoms with Gasteiger partial charge in [-0.25, -0.2) is 4.98 Å². The van der Waals surface area contributed by atoms with Gasteiger partial charge >= 0.3 is 0 Å². The van der Waals surface area contributed by atoms with Gasteiger partial charge in [-0.2, -0.15) is 0 Å². The van der Waals surface area contributed by atoms with Crippen molar-refractivity contribution < 1.29 is 0 Å². The van der Waals surface area contributed by atoms with Crippen LogP contribution in [0.25, 0.3) is 10.6 Å². The molecule has 1 aromatic carbocycles. The summed E-state index contributed by atoms with van der Waals surface area (Å²) >= 11 is 1.90. The molecule has 1 aromatic heterocycles. The molecule has 20 heavy (non-hydrogen) atoms. The number of aryl methyl sites for hydroxylation is 2. The van der Waals surface area contributed by atoms with Crippen molar-refractivity contribution in [1.82, 2.24) is 10.3 Å². The molecule has 0 amide bonds. The molecule has 0 saturated carbocycles. The van der Waals surface area contributed by atoms with Crippen molar-refractivity contribution in [3.8, 4) is 10.6 Å². The van der Waals surface area contributed by atoms with Crippen LogP contribution >= 0.6 is 11.3 Å². The van der Waals surface area contributed by atoms with Crippen molar-refractivity contribution in [2.45, 2.75) is 39.0 Å². The van der Waals surface area contributed by atoms with E-state index in [0.717, 1.165) is 13.1 Å². The fourth-order valence-electron chi connectivity index (χ4n) is 2.93. The van der Waals surface area contributed by atoms with Crippen molar-refractivity contribution in [2.75, 3.05) is 13.1 Å². The molecule has 0 aliphatic heterocycles. The molecule has 1 atom stereocenters. The van der Waals surface area contributed by atoms with E-state index in [2.05, 4.69) is 43.4 Å². The first-order valence-corrected chi connectivity index (χ1v) is 8.37. The number of aromatic nitrogens is 1. The Kier molecular flexibility index (Phi) is 4.18. The molecule has 1 N–H and O–H groups in total. The number of benzene rings is 1. The van der Waals surface area contributed by atoms with E-state index in [4.69, 9.17) is 4.98 Å². The maximum absolute atomic E-state index is 4.97. The van der Waals surface area contributed by atoms with Crippen molar-refractivity contribution >= 4 is 11.3 Å². The lowest BCUT2D eigenvalue weighted by molar-refractivity contribution is 0.509. The van der Waals surface area contributed by atoms with Crippen LogP contribution in [0.2, 0.25) is 0 Å². The first kappa shape index (κ1) is 13.8. The van der Waals surface area contributed by atoms with Crippen LogP contribution in [0, 0.1) is 6.92 Å². The lowest BCUT2D eigenvalue weighted by Crippen LogP contribution is -2.23. The molecule has 0 saturated heterocycles. The lowest BCUT2D eigenvalue weighted by Gasteiger charge is -2.21. The SMILES string of the molecule is CCNCC1CCCc2sc(-c3cccc(C)c3)nc21. The van der Waals surface area contributed by atoms with E-state index in [9.17, 15) is 0 Å². The molecule has 2 nitrogen and oxygen atoms in total. The van der Waals surface area contributed by atoms with Crippen LogP contribution in [0.4, 0.5) is 0 Å². The maximum Gasteiger partial charge on any atom is 0.123 e. The van der Waals surface area contributed by atoms with Crippen LogP contribution in [-0.2, 0) is 6.42 Å². The third-order valence-electron chi connectivity index (χ3n) is 3.98. The van der Waals surface area contributed by atoms with Gasteiger partial charge in [0, 0.05) is 22.9 Å². The van der Waals surface area contributed by atoms with Gasteiger partial charge in [0.1, 0.15) is 5.01 Å². The average Bonchev–Trinajstić information content (AvgIpc) is 2.89. The molecule has 1 heterocycles. The maximum atomic E-state index is 4.97. The van der Waals surface area contributed by atoms with Gasteiger partial charge in [0.15, 0.2) is 0 Å². The minimum atomic E-state index is 0.605. The number of nitrogens with one attached hydrogen (secondary N) is 1. The molecule has 0 spiro atoms. The Bertz CT molecular complexity index is 588. The van der Waals surface area contributed by atoms with Crippen molar-refractivity contribution in [1.29, 1.82) is 0 Å². The number of hydrogen-bond acceptors (Lipinski definition) is 3. The average molecular weight is 286 g/mol. The second-order valence-electron chi connectivity index (χ2n) is 5.59. The summed E-state index contributed by atoms with van der Waals surface area (Å²) < 4.78 is 0. The monoisotopic (exact) mass is 286 g/mol. The third-order valence-corrected chi connectivity index (χ3v) is 5.16. The topological polar surface area (TPSA) is 24.9 Å². The van der Waals surface area contributed by atoms with E-state index >= 15 is 0 Å². The minimum Gasteiger partial charge on any atom is -0.316 e. The first-order chi connectivity index (χ1) is 9.78. The largest absolute Gasteiger partial charge is 0.316 e. The van der Waals surface area contributed by atoms with Gasteiger partial charge in [-0.15, -0.1) is 11.3 Å². The van der Waals surface area contributed by atoms with Crippen LogP contribution in [0.1, 0.15) is 41.8 Å². The van der Waals surface area contributed by atoms with E-state index in [1.807, 2.05) is 11.3 Å². The van der Waals surface area contributed by atoms with Gasteiger partial charge < -0.3 is 5.32 Å². The highest BCUT2D eigenvalue weighted by molar-refractivity contribution is 7.15.